The van der Waals surface area contributed by atoms with Gasteiger partial charge in [0.05, 0.1) is 19.1 Å². The summed E-state index contributed by atoms with van der Waals surface area (Å²) < 4.78 is 20.2. The molecule has 0 aromatic rings. The van der Waals surface area contributed by atoms with E-state index < -0.39 is 22.9 Å². The van der Waals surface area contributed by atoms with Gasteiger partial charge in [-0.2, -0.15) is 0 Å². The smallest absolute Gasteiger partial charge is 0.320 e. The first kappa shape index (κ1) is 19.9. The molecule has 0 radical (unpaired) electrons. The lowest BCUT2D eigenvalue weighted by atomic mass is 10.3. The first-order chi connectivity index (χ1) is 9.27. The van der Waals surface area contributed by atoms with Gasteiger partial charge in [0.2, 0.25) is 5.69 Å². The van der Waals surface area contributed by atoms with E-state index in [0.29, 0.717) is 0 Å². The molecular formula is C11H21O6PS2. The second-order valence-electron chi connectivity index (χ2n) is 3.90. The SMILES string of the molecule is CCOC(=O)CC(SP(=S)(OC)OC)C(=O)OC(C)C. The van der Waals surface area contributed by atoms with Crippen molar-refractivity contribution in [3.8, 4) is 0 Å². The highest BCUT2D eigenvalue weighted by Crippen LogP contribution is 2.62. The third-order valence-electron chi connectivity index (χ3n) is 1.98. The molecule has 0 rings (SSSR count). The normalized spacial score (nSPS) is 13.1. The van der Waals surface area contributed by atoms with Gasteiger partial charge in [-0.1, -0.05) is 11.4 Å². The highest BCUT2D eigenvalue weighted by Gasteiger charge is 2.32. The molecule has 0 heterocycles. The Bertz CT molecular complexity index is 366. The van der Waals surface area contributed by atoms with E-state index in [2.05, 4.69) is 0 Å². The molecule has 9 heteroatoms. The Morgan fingerprint density at radius 2 is 1.80 bits per heavy atom. The van der Waals surface area contributed by atoms with Crippen molar-refractivity contribution in [3.63, 3.8) is 0 Å². The molecule has 0 aromatic heterocycles. The molecule has 1 unspecified atom stereocenters. The van der Waals surface area contributed by atoms with Crippen molar-refractivity contribution in [1.82, 2.24) is 0 Å². The zero-order valence-electron chi connectivity index (χ0n) is 12.3. The van der Waals surface area contributed by atoms with E-state index in [0.717, 1.165) is 11.4 Å². The molecule has 0 aromatic carbocycles. The minimum absolute atomic E-state index is 0.130. The second kappa shape index (κ2) is 9.73. The summed E-state index contributed by atoms with van der Waals surface area (Å²) in [7, 11) is 2.82. The average molecular weight is 344 g/mol. The van der Waals surface area contributed by atoms with Crippen LogP contribution in [0.3, 0.4) is 0 Å². The van der Waals surface area contributed by atoms with Gasteiger partial charge in [0, 0.05) is 14.2 Å². The number of hydrogen-bond donors (Lipinski definition) is 0. The van der Waals surface area contributed by atoms with Crippen molar-refractivity contribution >= 4 is 40.8 Å². The van der Waals surface area contributed by atoms with E-state index in [1.54, 1.807) is 20.8 Å². The number of hydrogen-bond acceptors (Lipinski definition) is 8. The summed E-state index contributed by atoms with van der Waals surface area (Å²) in [6, 6.07) is 0. The Morgan fingerprint density at radius 3 is 2.20 bits per heavy atom. The number of carbonyl (C=O) groups is 2. The lowest BCUT2D eigenvalue weighted by Gasteiger charge is -2.22. The summed E-state index contributed by atoms with van der Waals surface area (Å²) in [4.78, 5) is 23.6. The molecule has 118 valence electrons. The van der Waals surface area contributed by atoms with Gasteiger partial charge in [-0.25, -0.2) is 0 Å². The Morgan fingerprint density at radius 1 is 1.25 bits per heavy atom. The van der Waals surface area contributed by atoms with Gasteiger partial charge >= 0.3 is 11.9 Å². The molecule has 0 amide bonds. The van der Waals surface area contributed by atoms with Crippen molar-refractivity contribution in [2.24, 2.45) is 0 Å². The molecule has 0 bridgehead atoms. The van der Waals surface area contributed by atoms with Crippen LogP contribution in [0, 0.1) is 0 Å². The van der Waals surface area contributed by atoms with Crippen molar-refractivity contribution in [2.75, 3.05) is 20.8 Å². The van der Waals surface area contributed by atoms with Crippen LogP contribution in [0.1, 0.15) is 27.2 Å². The van der Waals surface area contributed by atoms with Crippen LogP contribution in [0.4, 0.5) is 0 Å². The third kappa shape index (κ3) is 7.59. The molecule has 0 aliphatic carbocycles. The Kier molecular flexibility index (Phi) is 9.67. The number of esters is 2. The summed E-state index contributed by atoms with van der Waals surface area (Å²) in [5.74, 6) is -1.01. The maximum Gasteiger partial charge on any atom is 0.320 e. The van der Waals surface area contributed by atoms with Gasteiger partial charge in [-0.05, 0) is 32.6 Å². The van der Waals surface area contributed by atoms with Crippen LogP contribution >= 0.6 is 17.1 Å². The molecule has 1 atom stereocenters. The molecule has 0 saturated carbocycles. The summed E-state index contributed by atoms with van der Waals surface area (Å²) in [6.45, 7) is 5.40. The minimum atomic E-state index is -2.67. The van der Waals surface area contributed by atoms with Crippen LogP contribution in [0.5, 0.6) is 0 Å². The highest BCUT2D eigenvalue weighted by molar-refractivity contribution is 8.68. The second-order valence-corrected chi connectivity index (χ2v) is 10.5. The number of carbonyl (C=O) groups excluding carboxylic acids is 2. The van der Waals surface area contributed by atoms with E-state index in [9.17, 15) is 9.59 Å². The molecule has 0 fully saturated rings. The van der Waals surface area contributed by atoms with Crippen LogP contribution < -0.4 is 0 Å². The molecule has 0 spiro atoms. The van der Waals surface area contributed by atoms with Crippen LogP contribution in [-0.4, -0.2) is 44.1 Å². The zero-order chi connectivity index (χ0) is 15.8. The van der Waals surface area contributed by atoms with Crippen molar-refractivity contribution in [1.29, 1.82) is 0 Å². The van der Waals surface area contributed by atoms with E-state index in [4.69, 9.17) is 30.3 Å². The predicted octanol–water partition coefficient (Wildman–Crippen LogP) is 2.51. The van der Waals surface area contributed by atoms with Gasteiger partial charge in [0.25, 0.3) is 0 Å². The van der Waals surface area contributed by atoms with E-state index in [1.165, 1.54) is 14.2 Å². The first-order valence-electron chi connectivity index (χ1n) is 6.04. The van der Waals surface area contributed by atoms with Crippen LogP contribution in [-0.2, 0) is 39.9 Å². The standard InChI is InChI=1S/C11H21O6PS2/c1-6-16-10(12)7-9(11(13)17-8(2)3)20-18(19,14-4)15-5/h8-9H,6-7H2,1-5H3. The topological polar surface area (TPSA) is 71.1 Å². The molecule has 0 saturated heterocycles. The third-order valence-corrected chi connectivity index (χ3v) is 7.84. The van der Waals surface area contributed by atoms with E-state index in [1.807, 2.05) is 0 Å². The van der Waals surface area contributed by atoms with Gasteiger partial charge in [0.1, 0.15) is 5.25 Å². The summed E-state index contributed by atoms with van der Waals surface area (Å²) in [6.07, 6.45) is -0.412. The minimum Gasteiger partial charge on any atom is -0.466 e. The van der Waals surface area contributed by atoms with Gasteiger partial charge in [-0.15, -0.1) is 0 Å². The average Bonchev–Trinajstić information content (AvgIpc) is 2.37. The Balaban J connectivity index is 4.91. The fraction of sp³-hybridized carbons (Fsp3) is 0.818. The molecule has 0 N–H and O–H groups in total. The molecular weight excluding hydrogens is 323 g/mol. The van der Waals surface area contributed by atoms with E-state index >= 15 is 0 Å². The molecule has 6 nitrogen and oxygen atoms in total. The van der Waals surface area contributed by atoms with Gasteiger partial charge < -0.3 is 18.5 Å². The highest BCUT2D eigenvalue weighted by atomic mass is 32.9. The van der Waals surface area contributed by atoms with Crippen molar-refractivity contribution in [2.45, 2.75) is 38.5 Å². The summed E-state index contributed by atoms with van der Waals surface area (Å²) in [5.41, 5.74) is -2.67. The lowest BCUT2D eigenvalue weighted by molar-refractivity contribution is -0.151. The number of rotatable bonds is 9. The number of ether oxygens (including phenoxy) is 2. The Labute approximate surface area is 128 Å². The van der Waals surface area contributed by atoms with Crippen molar-refractivity contribution < 1.29 is 28.1 Å². The van der Waals surface area contributed by atoms with Crippen LogP contribution in [0.2, 0.25) is 0 Å². The maximum atomic E-state index is 12.0. The fourth-order valence-corrected chi connectivity index (χ4v) is 5.01. The van der Waals surface area contributed by atoms with Gasteiger partial charge in [-0.3, -0.25) is 9.59 Å². The molecule has 20 heavy (non-hydrogen) atoms. The zero-order valence-corrected chi connectivity index (χ0v) is 14.8. The quantitative estimate of drug-likeness (QED) is 0.467. The summed E-state index contributed by atoms with van der Waals surface area (Å²) in [5, 5.41) is -0.804. The predicted molar refractivity (Wildman–Crippen MR) is 82.2 cm³/mol. The fourth-order valence-electron chi connectivity index (χ4n) is 1.16. The molecule has 0 aliphatic rings. The summed E-state index contributed by atoms with van der Waals surface area (Å²) >= 11 is 6.20. The maximum absolute atomic E-state index is 12.0. The van der Waals surface area contributed by atoms with Crippen LogP contribution in [0.15, 0.2) is 0 Å². The monoisotopic (exact) mass is 344 g/mol. The van der Waals surface area contributed by atoms with Gasteiger partial charge in [0.15, 0.2) is 0 Å². The van der Waals surface area contributed by atoms with Crippen LogP contribution in [0.25, 0.3) is 0 Å². The lowest BCUT2D eigenvalue weighted by Crippen LogP contribution is -2.26. The Hall–Kier alpha value is -0.140. The molecule has 0 aliphatic heterocycles. The first-order valence-corrected chi connectivity index (χ1v) is 10.2. The van der Waals surface area contributed by atoms with Crippen molar-refractivity contribution in [3.05, 3.63) is 0 Å². The van der Waals surface area contributed by atoms with E-state index in [-0.39, 0.29) is 19.1 Å². The largest absolute Gasteiger partial charge is 0.466 e.